The summed E-state index contributed by atoms with van der Waals surface area (Å²) < 4.78 is 30.4. The number of methoxy groups -OCH3 is 1. The fraction of sp³-hybridized carbons (Fsp3) is 0.391. The van der Waals surface area contributed by atoms with Crippen LogP contribution < -0.4 is 10.6 Å². The molecule has 0 aliphatic heterocycles. The van der Waals surface area contributed by atoms with Gasteiger partial charge in [-0.2, -0.15) is 0 Å². The number of benzene rings is 2. The van der Waals surface area contributed by atoms with Crippen LogP contribution in [0.1, 0.15) is 60.2 Å². The van der Waals surface area contributed by atoms with Crippen LogP contribution in [0.25, 0.3) is 0 Å². The van der Waals surface area contributed by atoms with Crippen molar-refractivity contribution in [3.8, 4) is 0 Å². The van der Waals surface area contributed by atoms with Crippen molar-refractivity contribution in [2.75, 3.05) is 30.8 Å². The zero-order valence-electron chi connectivity index (χ0n) is 18.1. The lowest BCUT2D eigenvalue weighted by atomic mass is 10.1. The third-order valence-corrected chi connectivity index (χ3v) is 4.29. The lowest BCUT2D eigenvalue weighted by Crippen LogP contribution is -2.09. The number of aromatic carboxylic acids is 1. The van der Waals surface area contributed by atoms with Crippen molar-refractivity contribution in [3.63, 3.8) is 0 Å². The van der Waals surface area contributed by atoms with Gasteiger partial charge < -0.3 is 20.5 Å². The van der Waals surface area contributed by atoms with Gasteiger partial charge in [0, 0.05) is 24.5 Å². The minimum absolute atomic E-state index is 0.0221. The van der Waals surface area contributed by atoms with E-state index in [9.17, 15) is 18.4 Å². The first-order chi connectivity index (χ1) is 14.8. The first-order valence-corrected chi connectivity index (χ1v) is 10.2. The highest BCUT2D eigenvalue weighted by molar-refractivity contribution is 5.95. The zero-order valence-corrected chi connectivity index (χ0v) is 18.1. The van der Waals surface area contributed by atoms with Crippen LogP contribution in [0, 0.1) is 11.6 Å². The molecular formula is C23H30F2N2O4. The van der Waals surface area contributed by atoms with Gasteiger partial charge in [0.15, 0.2) is 0 Å². The molecule has 2 aromatic rings. The molecule has 31 heavy (non-hydrogen) atoms. The number of carboxylic acids is 1. The smallest absolute Gasteiger partial charge is 0.340 e. The molecule has 0 amide bonds. The van der Waals surface area contributed by atoms with Crippen molar-refractivity contribution in [2.45, 2.75) is 39.5 Å². The standard InChI is InChI=1S/C12H16FNO2.C11H14FNO2/c1-3-4-7-14-11-6-5-9(13)8-10(11)12(15)16-2;1-2-3-6-13-10-5-4-8(12)7-9(10)11(14)15/h5-6,8,14H,3-4,7H2,1-2H3;4-5,7,13H,2-3,6H2,1H3,(H,14,15). The van der Waals surface area contributed by atoms with Crippen LogP contribution >= 0.6 is 0 Å². The molecule has 0 bridgehead atoms. The molecule has 0 saturated carbocycles. The van der Waals surface area contributed by atoms with Crippen molar-refractivity contribution in [3.05, 3.63) is 59.2 Å². The van der Waals surface area contributed by atoms with Crippen LogP contribution in [0.15, 0.2) is 36.4 Å². The van der Waals surface area contributed by atoms with Crippen molar-refractivity contribution in [1.29, 1.82) is 0 Å². The third kappa shape index (κ3) is 9.02. The van der Waals surface area contributed by atoms with Gasteiger partial charge >= 0.3 is 11.9 Å². The number of ether oxygens (including phenoxy) is 1. The number of rotatable bonds is 10. The van der Waals surface area contributed by atoms with Crippen molar-refractivity contribution >= 4 is 23.3 Å². The van der Waals surface area contributed by atoms with E-state index in [1.165, 1.54) is 31.4 Å². The molecule has 0 saturated heterocycles. The Morgan fingerprint density at radius 1 is 0.871 bits per heavy atom. The van der Waals surface area contributed by atoms with Gasteiger partial charge in [0.05, 0.1) is 18.2 Å². The largest absolute Gasteiger partial charge is 0.478 e. The molecular weight excluding hydrogens is 406 g/mol. The van der Waals surface area contributed by atoms with E-state index in [4.69, 9.17) is 5.11 Å². The molecule has 0 aromatic heterocycles. The van der Waals surface area contributed by atoms with Crippen LogP contribution in [0.2, 0.25) is 0 Å². The van der Waals surface area contributed by atoms with Crippen LogP contribution in [-0.4, -0.2) is 37.2 Å². The number of carbonyl (C=O) groups excluding carboxylic acids is 1. The molecule has 0 heterocycles. The lowest BCUT2D eigenvalue weighted by molar-refractivity contribution is 0.0600. The van der Waals surface area contributed by atoms with Gasteiger partial charge in [0.25, 0.3) is 0 Å². The summed E-state index contributed by atoms with van der Waals surface area (Å²) in [5.41, 5.74) is 1.30. The number of hydrogen-bond donors (Lipinski definition) is 3. The topological polar surface area (TPSA) is 87.7 Å². The highest BCUT2D eigenvalue weighted by Gasteiger charge is 2.12. The summed E-state index contributed by atoms with van der Waals surface area (Å²) >= 11 is 0. The van der Waals surface area contributed by atoms with E-state index >= 15 is 0 Å². The number of anilines is 2. The second-order valence-electron chi connectivity index (χ2n) is 6.74. The van der Waals surface area contributed by atoms with E-state index in [1.807, 2.05) is 6.92 Å². The monoisotopic (exact) mass is 436 g/mol. The van der Waals surface area contributed by atoms with Crippen molar-refractivity contribution in [2.24, 2.45) is 0 Å². The van der Waals surface area contributed by atoms with Gasteiger partial charge in [-0.05, 0) is 49.2 Å². The maximum atomic E-state index is 13.0. The summed E-state index contributed by atoms with van der Waals surface area (Å²) in [5, 5.41) is 14.9. The zero-order chi connectivity index (χ0) is 23.2. The highest BCUT2D eigenvalue weighted by atomic mass is 19.1. The molecule has 0 unspecified atom stereocenters. The van der Waals surface area contributed by atoms with Gasteiger partial charge in [-0.15, -0.1) is 0 Å². The molecule has 0 fully saturated rings. The lowest BCUT2D eigenvalue weighted by Gasteiger charge is -2.10. The molecule has 6 nitrogen and oxygen atoms in total. The minimum Gasteiger partial charge on any atom is -0.478 e. The molecule has 0 spiro atoms. The Balaban J connectivity index is 0.000000311. The summed E-state index contributed by atoms with van der Waals surface area (Å²) in [4.78, 5) is 22.2. The second kappa shape index (κ2) is 14.0. The Kier molecular flexibility index (Phi) is 11.6. The minimum atomic E-state index is -1.12. The number of unbranched alkanes of at least 4 members (excludes halogenated alkanes) is 2. The Labute approximate surface area is 181 Å². The van der Waals surface area contributed by atoms with E-state index in [0.717, 1.165) is 38.3 Å². The predicted molar refractivity (Wildman–Crippen MR) is 118 cm³/mol. The Morgan fingerprint density at radius 3 is 1.74 bits per heavy atom. The quantitative estimate of drug-likeness (QED) is 0.334. The average Bonchev–Trinajstić information content (AvgIpc) is 2.75. The second-order valence-corrected chi connectivity index (χ2v) is 6.74. The van der Waals surface area contributed by atoms with Gasteiger partial charge in [0.2, 0.25) is 0 Å². The van der Waals surface area contributed by atoms with Crippen molar-refractivity contribution in [1.82, 2.24) is 0 Å². The molecule has 2 rings (SSSR count). The predicted octanol–water partition coefficient (Wildman–Crippen LogP) is 5.56. The molecule has 0 aliphatic carbocycles. The maximum absolute atomic E-state index is 13.0. The Morgan fingerprint density at radius 2 is 1.32 bits per heavy atom. The van der Waals surface area contributed by atoms with Crippen molar-refractivity contribution < 1.29 is 28.2 Å². The molecule has 0 aliphatic rings. The van der Waals surface area contributed by atoms with Crippen LogP contribution in [-0.2, 0) is 4.74 Å². The molecule has 0 atom stereocenters. The maximum Gasteiger partial charge on any atom is 0.340 e. The number of esters is 1. The van der Waals surface area contributed by atoms with Gasteiger partial charge in [0.1, 0.15) is 11.6 Å². The Hall–Kier alpha value is -3.16. The molecule has 2 aromatic carbocycles. The summed E-state index contributed by atoms with van der Waals surface area (Å²) in [6.45, 7) is 5.58. The Bertz CT molecular complexity index is 859. The number of halogens is 2. The van der Waals surface area contributed by atoms with E-state index in [-0.39, 0.29) is 11.1 Å². The molecule has 170 valence electrons. The first-order valence-electron chi connectivity index (χ1n) is 10.2. The van der Waals surface area contributed by atoms with E-state index in [1.54, 1.807) is 6.07 Å². The first kappa shape index (κ1) is 25.9. The molecule has 8 heteroatoms. The normalized spacial score (nSPS) is 9.97. The van der Waals surface area contributed by atoms with Crippen LogP contribution in [0.5, 0.6) is 0 Å². The summed E-state index contributed by atoms with van der Waals surface area (Å²) in [6.07, 6.45) is 4.03. The van der Waals surface area contributed by atoms with Crippen LogP contribution in [0.3, 0.4) is 0 Å². The fourth-order valence-corrected chi connectivity index (χ4v) is 2.60. The molecule has 0 radical (unpaired) electrons. The van der Waals surface area contributed by atoms with E-state index < -0.39 is 23.6 Å². The third-order valence-electron chi connectivity index (χ3n) is 4.29. The summed E-state index contributed by atoms with van der Waals surface area (Å²) in [6, 6.07) is 7.78. The molecule has 3 N–H and O–H groups in total. The van der Waals surface area contributed by atoms with E-state index in [2.05, 4.69) is 22.3 Å². The number of hydrogen-bond acceptors (Lipinski definition) is 5. The highest BCUT2D eigenvalue weighted by Crippen LogP contribution is 2.18. The number of carbonyl (C=O) groups is 2. The van der Waals surface area contributed by atoms with Gasteiger partial charge in [-0.1, -0.05) is 26.7 Å². The van der Waals surface area contributed by atoms with Gasteiger partial charge in [-0.3, -0.25) is 0 Å². The SMILES string of the molecule is CCCCNc1ccc(F)cc1C(=O)O.CCCCNc1ccc(F)cc1C(=O)OC. The number of nitrogens with one attached hydrogen (secondary N) is 2. The van der Waals surface area contributed by atoms with Gasteiger partial charge in [-0.25, -0.2) is 18.4 Å². The fourth-order valence-electron chi connectivity index (χ4n) is 2.60. The summed E-state index contributed by atoms with van der Waals surface area (Å²) in [5.74, 6) is -2.62. The average molecular weight is 436 g/mol. The number of carboxylic acid groups (broad SMARTS) is 1. The summed E-state index contributed by atoms with van der Waals surface area (Å²) in [7, 11) is 1.28. The van der Waals surface area contributed by atoms with Crippen LogP contribution in [0.4, 0.5) is 20.2 Å². The van der Waals surface area contributed by atoms with E-state index in [0.29, 0.717) is 17.9 Å².